The quantitative estimate of drug-likeness (QED) is 0.831. The van der Waals surface area contributed by atoms with E-state index in [2.05, 4.69) is 20.5 Å². The molecule has 2 heterocycles. The molecule has 0 unspecified atom stereocenters. The average molecular weight is 383 g/mol. The van der Waals surface area contributed by atoms with Gasteiger partial charge in [0.05, 0.1) is 11.9 Å². The van der Waals surface area contributed by atoms with E-state index in [1.165, 1.54) is 0 Å². The smallest absolute Gasteiger partial charge is 0.263 e. The second-order valence-corrected chi connectivity index (χ2v) is 5.87. The Hall–Kier alpha value is -2.02. The van der Waals surface area contributed by atoms with Crippen molar-refractivity contribution in [2.45, 2.75) is 0 Å². The summed E-state index contributed by atoms with van der Waals surface area (Å²) in [6.45, 7) is 3.79. The van der Waals surface area contributed by atoms with Crippen molar-refractivity contribution in [1.82, 2.24) is 10.3 Å². The Kier molecular flexibility index (Phi) is 7.31. The molecular formula is C17H20Cl2N4O2. The largest absolute Gasteiger partial charge is 0.484 e. The number of halogens is 2. The lowest BCUT2D eigenvalue weighted by molar-refractivity contribution is -0.118. The fraction of sp³-hybridized carbons (Fsp3) is 0.294. The minimum absolute atomic E-state index is 0. The number of nitrogens with one attached hydrogen (secondary N) is 2. The summed E-state index contributed by atoms with van der Waals surface area (Å²) in [5, 5.41) is 6.66. The number of amides is 1. The van der Waals surface area contributed by atoms with E-state index >= 15 is 0 Å². The van der Waals surface area contributed by atoms with Crippen molar-refractivity contribution >= 4 is 41.4 Å². The first-order valence-corrected chi connectivity index (χ1v) is 8.18. The molecule has 8 heteroatoms. The van der Waals surface area contributed by atoms with Gasteiger partial charge in [0.15, 0.2) is 6.61 Å². The zero-order valence-corrected chi connectivity index (χ0v) is 15.1. The van der Waals surface area contributed by atoms with Crippen molar-refractivity contribution < 1.29 is 9.53 Å². The Morgan fingerprint density at radius 3 is 2.56 bits per heavy atom. The number of piperazine rings is 1. The molecule has 0 spiro atoms. The summed E-state index contributed by atoms with van der Waals surface area (Å²) >= 11 is 5.80. The topological polar surface area (TPSA) is 66.5 Å². The molecule has 134 valence electrons. The molecule has 2 N–H and O–H groups in total. The van der Waals surface area contributed by atoms with Crippen molar-refractivity contribution in [2.75, 3.05) is 43.0 Å². The highest BCUT2D eigenvalue weighted by Gasteiger charge is 2.11. The Balaban J connectivity index is 0.00000225. The van der Waals surface area contributed by atoms with Crippen LogP contribution in [0.4, 0.5) is 11.5 Å². The lowest BCUT2D eigenvalue weighted by Crippen LogP contribution is -2.43. The summed E-state index contributed by atoms with van der Waals surface area (Å²) in [6.07, 6.45) is 1.78. The average Bonchev–Trinajstić information content (AvgIpc) is 2.63. The van der Waals surface area contributed by atoms with Crippen LogP contribution in [0.15, 0.2) is 42.6 Å². The highest BCUT2D eigenvalue weighted by Crippen LogP contribution is 2.17. The summed E-state index contributed by atoms with van der Waals surface area (Å²) in [5.74, 6) is 0.850. The maximum absolute atomic E-state index is 11.9. The molecule has 2 aromatic rings. The van der Waals surface area contributed by atoms with Gasteiger partial charge in [-0.1, -0.05) is 11.6 Å². The third-order valence-electron chi connectivity index (χ3n) is 3.68. The standard InChI is InChI=1S/C17H19ClN4O2.ClH/c18-13-1-4-15(5-2-13)24-12-17(23)21-16-6-3-14(11-20-16)22-9-7-19-8-10-22;/h1-6,11,19H,7-10,12H2,(H,20,21,23);1H. The molecule has 25 heavy (non-hydrogen) atoms. The van der Waals surface area contributed by atoms with Crippen LogP contribution in [0.3, 0.4) is 0 Å². The zero-order valence-electron chi connectivity index (χ0n) is 13.6. The number of aromatic nitrogens is 1. The van der Waals surface area contributed by atoms with E-state index in [1.807, 2.05) is 6.07 Å². The third kappa shape index (κ3) is 5.77. The van der Waals surface area contributed by atoms with Crippen molar-refractivity contribution in [3.63, 3.8) is 0 Å². The first-order chi connectivity index (χ1) is 11.7. The monoisotopic (exact) mass is 382 g/mol. The van der Waals surface area contributed by atoms with Gasteiger partial charge < -0.3 is 20.3 Å². The van der Waals surface area contributed by atoms with Crippen LogP contribution in [0.2, 0.25) is 5.02 Å². The molecule has 0 bridgehead atoms. The highest BCUT2D eigenvalue weighted by molar-refractivity contribution is 6.30. The molecule has 1 fully saturated rings. The molecule has 0 aliphatic carbocycles. The normalized spacial score (nSPS) is 13.7. The van der Waals surface area contributed by atoms with E-state index in [0.29, 0.717) is 16.6 Å². The summed E-state index contributed by atoms with van der Waals surface area (Å²) in [6, 6.07) is 10.6. The SMILES string of the molecule is Cl.O=C(COc1ccc(Cl)cc1)Nc1ccc(N2CCNCC2)cn1. The van der Waals surface area contributed by atoms with Gasteiger partial charge in [0.25, 0.3) is 5.91 Å². The van der Waals surface area contributed by atoms with E-state index in [1.54, 1.807) is 36.5 Å². The molecule has 1 saturated heterocycles. The van der Waals surface area contributed by atoms with Gasteiger partial charge in [-0.25, -0.2) is 4.98 Å². The zero-order chi connectivity index (χ0) is 16.8. The van der Waals surface area contributed by atoms with E-state index in [-0.39, 0.29) is 24.9 Å². The fourth-order valence-corrected chi connectivity index (χ4v) is 2.55. The molecule has 1 aromatic heterocycles. The second-order valence-electron chi connectivity index (χ2n) is 5.43. The molecule has 1 aliphatic heterocycles. The predicted octanol–water partition coefficient (Wildman–Crippen LogP) is 2.58. The molecule has 1 aliphatic rings. The number of anilines is 2. The lowest BCUT2D eigenvalue weighted by Gasteiger charge is -2.29. The Morgan fingerprint density at radius 2 is 1.92 bits per heavy atom. The van der Waals surface area contributed by atoms with Crippen LogP contribution in [-0.4, -0.2) is 43.7 Å². The van der Waals surface area contributed by atoms with Crippen LogP contribution in [-0.2, 0) is 4.79 Å². The highest BCUT2D eigenvalue weighted by atomic mass is 35.5. The number of rotatable bonds is 5. The number of hydrogen-bond donors (Lipinski definition) is 2. The van der Waals surface area contributed by atoms with Crippen molar-refractivity contribution in [2.24, 2.45) is 0 Å². The van der Waals surface area contributed by atoms with Gasteiger partial charge in [0.2, 0.25) is 0 Å². The predicted molar refractivity (Wildman–Crippen MR) is 102 cm³/mol. The number of benzene rings is 1. The second kappa shape index (κ2) is 9.46. The van der Waals surface area contributed by atoms with Gasteiger partial charge in [-0.2, -0.15) is 0 Å². The van der Waals surface area contributed by atoms with Crippen molar-refractivity contribution in [1.29, 1.82) is 0 Å². The van der Waals surface area contributed by atoms with Crippen molar-refractivity contribution in [3.8, 4) is 5.75 Å². The van der Waals surface area contributed by atoms with Crippen molar-refractivity contribution in [3.05, 3.63) is 47.6 Å². The van der Waals surface area contributed by atoms with Gasteiger partial charge in [-0.15, -0.1) is 12.4 Å². The van der Waals surface area contributed by atoms with Crippen LogP contribution in [0, 0.1) is 0 Å². The number of ether oxygens (including phenoxy) is 1. The number of nitrogens with zero attached hydrogens (tertiary/aromatic N) is 2. The van der Waals surface area contributed by atoms with Gasteiger partial charge in [-0.05, 0) is 36.4 Å². The molecule has 0 saturated carbocycles. The molecule has 3 rings (SSSR count). The number of pyridine rings is 1. The van der Waals surface area contributed by atoms with Gasteiger partial charge in [0, 0.05) is 31.2 Å². The minimum atomic E-state index is -0.257. The number of carbonyl (C=O) groups is 1. The molecule has 1 aromatic carbocycles. The van der Waals surface area contributed by atoms with Gasteiger partial charge in [-0.3, -0.25) is 4.79 Å². The van der Waals surface area contributed by atoms with Crippen LogP contribution < -0.4 is 20.3 Å². The van der Waals surface area contributed by atoms with E-state index in [4.69, 9.17) is 16.3 Å². The Morgan fingerprint density at radius 1 is 1.20 bits per heavy atom. The Bertz CT molecular complexity index is 674. The van der Waals surface area contributed by atoms with E-state index in [9.17, 15) is 4.79 Å². The first kappa shape index (κ1) is 19.3. The number of carbonyl (C=O) groups excluding carboxylic acids is 1. The molecule has 6 nitrogen and oxygen atoms in total. The summed E-state index contributed by atoms with van der Waals surface area (Å²) < 4.78 is 5.40. The summed E-state index contributed by atoms with van der Waals surface area (Å²) in [5.41, 5.74) is 1.06. The van der Waals surface area contributed by atoms with E-state index < -0.39 is 0 Å². The fourth-order valence-electron chi connectivity index (χ4n) is 2.43. The van der Waals surface area contributed by atoms with Gasteiger partial charge in [0.1, 0.15) is 11.6 Å². The maximum atomic E-state index is 11.9. The third-order valence-corrected chi connectivity index (χ3v) is 3.93. The first-order valence-electron chi connectivity index (χ1n) is 7.81. The lowest BCUT2D eigenvalue weighted by atomic mass is 10.3. The summed E-state index contributed by atoms with van der Waals surface area (Å²) in [4.78, 5) is 18.5. The molecule has 0 radical (unpaired) electrons. The van der Waals surface area contributed by atoms with E-state index in [0.717, 1.165) is 31.9 Å². The number of hydrogen-bond acceptors (Lipinski definition) is 5. The Labute approximate surface area is 157 Å². The molecule has 1 amide bonds. The van der Waals surface area contributed by atoms with Crippen LogP contribution in [0.1, 0.15) is 0 Å². The minimum Gasteiger partial charge on any atom is -0.484 e. The van der Waals surface area contributed by atoms with Crippen LogP contribution in [0.5, 0.6) is 5.75 Å². The molecule has 0 atom stereocenters. The molecular weight excluding hydrogens is 363 g/mol. The van der Waals surface area contributed by atoms with Gasteiger partial charge >= 0.3 is 0 Å². The van der Waals surface area contributed by atoms with Crippen LogP contribution in [0.25, 0.3) is 0 Å². The van der Waals surface area contributed by atoms with Crippen LogP contribution >= 0.6 is 24.0 Å². The maximum Gasteiger partial charge on any atom is 0.263 e. The summed E-state index contributed by atoms with van der Waals surface area (Å²) in [7, 11) is 0.